The van der Waals surface area contributed by atoms with Crippen LogP contribution < -0.4 is 0 Å². The van der Waals surface area contributed by atoms with Gasteiger partial charge in [0.15, 0.2) is 0 Å². The number of nitrogens with one attached hydrogen (secondary N) is 1. The van der Waals surface area contributed by atoms with Crippen molar-refractivity contribution in [3.05, 3.63) is 18.0 Å². The quantitative estimate of drug-likeness (QED) is 0.660. The highest BCUT2D eigenvalue weighted by Gasteiger charge is 2.24. The molecule has 0 amide bonds. The van der Waals surface area contributed by atoms with E-state index < -0.39 is 6.10 Å². The van der Waals surface area contributed by atoms with Gasteiger partial charge in [0.2, 0.25) is 0 Å². The highest BCUT2D eigenvalue weighted by molar-refractivity contribution is 5.12. The highest BCUT2D eigenvalue weighted by Crippen LogP contribution is 2.31. The van der Waals surface area contributed by atoms with E-state index in [0.717, 1.165) is 24.8 Å². The van der Waals surface area contributed by atoms with E-state index in [1.807, 2.05) is 6.20 Å². The smallest absolute Gasteiger partial charge is 0.0999 e. The zero-order valence-corrected chi connectivity index (χ0v) is 7.70. The Bertz CT molecular complexity index is 245. The molecule has 1 aromatic rings. The molecule has 1 saturated carbocycles. The van der Waals surface area contributed by atoms with Crippen molar-refractivity contribution in [3.63, 3.8) is 0 Å². The first-order valence-corrected chi connectivity index (χ1v) is 5.02. The van der Waals surface area contributed by atoms with E-state index in [9.17, 15) is 5.11 Å². The molecule has 0 saturated heterocycles. The summed E-state index contributed by atoms with van der Waals surface area (Å²) in [6.45, 7) is 0. The van der Waals surface area contributed by atoms with Crippen molar-refractivity contribution in [1.29, 1.82) is 0 Å². The zero-order valence-electron chi connectivity index (χ0n) is 7.70. The number of aromatic nitrogens is 2. The summed E-state index contributed by atoms with van der Waals surface area (Å²) in [4.78, 5) is 0. The summed E-state index contributed by atoms with van der Waals surface area (Å²) in [6, 6.07) is 0. The normalized spacial score (nSPS) is 29.9. The largest absolute Gasteiger partial charge is 0.285 e. The van der Waals surface area contributed by atoms with Gasteiger partial charge in [-0.25, -0.2) is 5.11 Å². The summed E-state index contributed by atoms with van der Waals surface area (Å²) in [5.74, 6) is 0.196. The Balaban J connectivity index is 2.11. The van der Waals surface area contributed by atoms with Crippen molar-refractivity contribution < 1.29 is 5.11 Å². The van der Waals surface area contributed by atoms with Gasteiger partial charge in [-0.05, 0) is 18.4 Å². The molecule has 13 heavy (non-hydrogen) atoms. The Morgan fingerprint density at radius 2 is 2.15 bits per heavy atom. The van der Waals surface area contributed by atoms with Gasteiger partial charge in [0.1, 0.15) is 0 Å². The standard InChI is InChI=1S/C10H15N2O/c13-10-5-3-1-2-4-9(10)8-6-11-12-7-8/h6-7,9-10H,1-5H2,(H,11,12). The molecule has 0 spiro atoms. The lowest BCUT2D eigenvalue weighted by molar-refractivity contribution is 0.0584. The SMILES string of the molecule is [O]C1CCCCCC1c1cn[nH]c1. The van der Waals surface area contributed by atoms with Gasteiger partial charge >= 0.3 is 0 Å². The summed E-state index contributed by atoms with van der Waals surface area (Å²) in [5, 5.41) is 18.4. The van der Waals surface area contributed by atoms with E-state index in [0.29, 0.717) is 0 Å². The molecule has 71 valence electrons. The minimum Gasteiger partial charge on any atom is -0.285 e. The maximum absolute atomic E-state index is 11.8. The molecule has 3 heteroatoms. The van der Waals surface area contributed by atoms with Crippen molar-refractivity contribution in [1.82, 2.24) is 10.2 Å². The second-order valence-electron chi connectivity index (χ2n) is 3.81. The van der Waals surface area contributed by atoms with Gasteiger partial charge in [-0.15, -0.1) is 0 Å². The van der Waals surface area contributed by atoms with Gasteiger partial charge in [0.05, 0.1) is 12.3 Å². The molecular formula is C10H15N2O. The maximum Gasteiger partial charge on any atom is 0.0999 e. The van der Waals surface area contributed by atoms with Crippen LogP contribution in [-0.2, 0) is 5.11 Å². The summed E-state index contributed by atoms with van der Waals surface area (Å²) >= 11 is 0. The summed E-state index contributed by atoms with van der Waals surface area (Å²) in [7, 11) is 0. The molecule has 2 unspecified atom stereocenters. The fraction of sp³-hybridized carbons (Fsp3) is 0.700. The van der Waals surface area contributed by atoms with Crippen molar-refractivity contribution in [2.45, 2.75) is 44.1 Å². The molecule has 1 aliphatic rings. The molecule has 3 nitrogen and oxygen atoms in total. The number of aromatic amines is 1. The Morgan fingerprint density at radius 1 is 1.31 bits per heavy atom. The average Bonchev–Trinajstić information content (AvgIpc) is 2.56. The number of rotatable bonds is 1. The van der Waals surface area contributed by atoms with Gasteiger partial charge in [0.25, 0.3) is 0 Å². The van der Waals surface area contributed by atoms with Crippen LogP contribution in [0, 0.1) is 0 Å². The zero-order chi connectivity index (χ0) is 9.10. The Kier molecular flexibility index (Phi) is 2.64. The van der Waals surface area contributed by atoms with Crippen molar-refractivity contribution in [2.24, 2.45) is 0 Å². The topological polar surface area (TPSA) is 48.6 Å². The first kappa shape index (κ1) is 8.75. The van der Waals surface area contributed by atoms with Gasteiger partial charge < -0.3 is 0 Å². The van der Waals surface area contributed by atoms with Crippen LogP contribution in [0.2, 0.25) is 0 Å². The summed E-state index contributed by atoms with van der Waals surface area (Å²) < 4.78 is 0. The summed E-state index contributed by atoms with van der Waals surface area (Å²) in [5.41, 5.74) is 1.10. The van der Waals surface area contributed by atoms with Crippen LogP contribution >= 0.6 is 0 Å². The molecule has 1 aromatic heterocycles. The van der Waals surface area contributed by atoms with E-state index in [-0.39, 0.29) is 5.92 Å². The third kappa shape index (κ3) is 1.91. The molecule has 1 radical (unpaired) electrons. The summed E-state index contributed by atoms with van der Waals surface area (Å²) in [6.07, 6.45) is 8.61. The van der Waals surface area contributed by atoms with Crippen LogP contribution in [0.15, 0.2) is 12.4 Å². The van der Waals surface area contributed by atoms with Crippen LogP contribution in [-0.4, -0.2) is 16.3 Å². The lowest BCUT2D eigenvalue weighted by Crippen LogP contribution is -2.14. The fourth-order valence-corrected chi connectivity index (χ4v) is 2.12. The Morgan fingerprint density at radius 3 is 2.92 bits per heavy atom. The van der Waals surface area contributed by atoms with Crippen LogP contribution in [0.3, 0.4) is 0 Å². The number of H-pyrrole nitrogens is 1. The second kappa shape index (κ2) is 3.92. The highest BCUT2D eigenvalue weighted by atomic mass is 16.3. The molecule has 1 fully saturated rings. The predicted octanol–water partition coefficient (Wildman–Crippen LogP) is 2.26. The fourth-order valence-electron chi connectivity index (χ4n) is 2.12. The number of hydrogen-bond donors (Lipinski definition) is 1. The molecule has 0 bridgehead atoms. The molecule has 1 N–H and O–H groups in total. The lowest BCUT2D eigenvalue weighted by Gasteiger charge is -2.16. The van der Waals surface area contributed by atoms with Crippen LogP contribution in [0.1, 0.15) is 43.6 Å². The molecule has 0 aromatic carbocycles. The number of nitrogens with zero attached hydrogens (tertiary/aromatic N) is 1. The van der Waals surface area contributed by atoms with E-state index >= 15 is 0 Å². The Hall–Kier alpha value is -0.830. The van der Waals surface area contributed by atoms with Gasteiger partial charge in [-0.1, -0.05) is 19.3 Å². The van der Waals surface area contributed by atoms with E-state index in [2.05, 4.69) is 10.2 Å². The Labute approximate surface area is 78.2 Å². The van der Waals surface area contributed by atoms with Crippen molar-refractivity contribution >= 4 is 0 Å². The third-order valence-corrected chi connectivity index (χ3v) is 2.90. The van der Waals surface area contributed by atoms with Crippen molar-refractivity contribution in [2.75, 3.05) is 0 Å². The molecule has 1 heterocycles. The minimum absolute atomic E-state index is 0.196. The minimum atomic E-state index is -0.417. The van der Waals surface area contributed by atoms with E-state index in [1.165, 1.54) is 12.8 Å². The van der Waals surface area contributed by atoms with Crippen LogP contribution in [0.4, 0.5) is 0 Å². The third-order valence-electron chi connectivity index (χ3n) is 2.90. The monoisotopic (exact) mass is 179 g/mol. The van der Waals surface area contributed by atoms with Crippen molar-refractivity contribution in [3.8, 4) is 0 Å². The van der Waals surface area contributed by atoms with Gasteiger partial charge in [0, 0.05) is 12.1 Å². The maximum atomic E-state index is 11.8. The predicted molar refractivity (Wildman–Crippen MR) is 48.9 cm³/mol. The van der Waals surface area contributed by atoms with E-state index in [4.69, 9.17) is 0 Å². The van der Waals surface area contributed by atoms with Gasteiger partial charge in [-0.3, -0.25) is 5.10 Å². The molecule has 2 atom stereocenters. The lowest BCUT2D eigenvalue weighted by atomic mass is 9.92. The first-order valence-electron chi connectivity index (χ1n) is 5.02. The number of hydrogen-bond acceptors (Lipinski definition) is 1. The molecular weight excluding hydrogens is 164 g/mol. The van der Waals surface area contributed by atoms with Gasteiger partial charge in [-0.2, -0.15) is 5.10 Å². The average molecular weight is 179 g/mol. The second-order valence-corrected chi connectivity index (χ2v) is 3.81. The van der Waals surface area contributed by atoms with Crippen LogP contribution in [0.5, 0.6) is 0 Å². The van der Waals surface area contributed by atoms with E-state index in [1.54, 1.807) is 6.20 Å². The first-order chi connectivity index (χ1) is 6.38. The molecule has 0 aliphatic heterocycles. The molecule has 1 aliphatic carbocycles. The molecule has 2 rings (SSSR count). The van der Waals surface area contributed by atoms with Crippen LogP contribution in [0.25, 0.3) is 0 Å².